The molecular weight excluding hydrogens is 310 g/mol. The topological polar surface area (TPSA) is 118 Å². The van der Waals surface area contributed by atoms with Gasteiger partial charge < -0.3 is 15.0 Å². The Labute approximate surface area is 136 Å². The first-order valence-electron chi connectivity index (χ1n) is 7.15. The highest BCUT2D eigenvalue weighted by Gasteiger charge is 2.19. The summed E-state index contributed by atoms with van der Waals surface area (Å²) in [6, 6.07) is 7.42. The Balaban J connectivity index is 1.84. The minimum Gasteiger partial charge on any atom is -0.481 e. The molecule has 0 aliphatic carbocycles. The Morgan fingerprint density at radius 3 is 2.83 bits per heavy atom. The van der Waals surface area contributed by atoms with E-state index >= 15 is 0 Å². The molecule has 0 spiro atoms. The molecule has 0 saturated heterocycles. The van der Waals surface area contributed by atoms with Crippen LogP contribution in [0.4, 0.5) is 5.82 Å². The molecule has 4 aromatic rings. The van der Waals surface area contributed by atoms with E-state index in [0.29, 0.717) is 29.6 Å². The molecule has 9 nitrogen and oxygen atoms in total. The number of ether oxygens (including phenoxy) is 1. The van der Waals surface area contributed by atoms with E-state index in [1.807, 2.05) is 22.8 Å². The average Bonchev–Trinajstić information content (AvgIpc) is 3.19. The smallest absolute Gasteiger partial charge is 0.212 e. The van der Waals surface area contributed by atoms with Gasteiger partial charge in [0.25, 0.3) is 0 Å². The molecule has 120 valence electrons. The summed E-state index contributed by atoms with van der Waals surface area (Å²) in [6.45, 7) is 0.492. The summed E-state index contributed by atoms with van der Waals surface area (Å²) >= 11 is 0. The zero-order chi connectivity index (χ0) is 16.5. The predicted molar refractivity (Wildman–Crippen MR) is 85.1 cm³/mol. The molecule has 24 heavy (non-hydrogen) atoms. The van der Waals surface area contributed by atoms with Crippen LogP contribution in [0, 0.1) is 0 Å². The van der Waals surface area contributed by atoms with Crippen LogP contribution in [0.25, 0.3) is 22.7 Å². The van der Waals surface area contributed by atoms with E-state index in [1.54, 1.807) is 25.6 Å². The third kappa shape index (κ3) is 2.32. The Kier molecular flexibility index (Phi) is 3.30. The van der Waals surface area contributed by atoms with Gasteiger partial charge in [0.15, 0.2) is 23.0 Å². The lowest BCUT2D eigenvalue weighted by atomic mass is 10.2. The minimum absolute atomic E-state index is 0.180. The number of imidazole rings is 1. The Morgan fingerprint density at radius 1 is 1.21 bits per heavy atom. The van der Waals surface area contributed by atoms with Crippen molar-refractivity contribution in [3.63, 3.8) is 0 Å². The quantitative estimate of drug-likeness (QED) is 0.600. The van der Waals surface area contributed by atoms with Crippen molar-refractivity contribution >= 4 is 17.0 Å². The molecule has 0 aliphatic rings. The molecule has 4 rings (SSSR count). The molecule has 9 heteroatoms. The van der Waals surface area contributed by atoms with Crippen LogP contribution in [0.3, 0.4) is 0 Å². The lowest BCUT2D eigenvalue weighted by Crippen LogP contribution is -2.05. The normalized spacial score (nSPS) is 11.0. The van der Waals surface area contributed by atoms with E-state index in [2.05, 4.69) is 25.3 Å². The maximum Gasteiger partial charge on any atom is 0.212 e. The molecule has 0 bridgehead atoms. The van der Waals surface area contributed by atoms with Gasteiger partial charge in [-0.25, -0.2) is 19.6 Å². The average molecular weight is 323 g/mol. The standard InChI is InChI=1S/C15H13N7O2/c1-23-11-5-4-9(7-18-11)8-22-14-10(3-2-6-17-14)19-15(22)12-13(16)21-24-20-12/h2-7H,8H2,1H3,(H2,16,21). The van der Waals surface area contributed by atoms with Gasteiger partial charge in [-0.15, -0.1) is 0 Å². The summed E-state index contributed by atoms with van der Waals surface area (Å²) in [5.41, 5.74) is 8.61. The monoisotopic (exact) mass is 323 g/mol. The number of methoxy groups -OCH3 is 1. The van der Waals surface area contributed by atoms with Crippen molar-refractivity contribution in [1.29, 1.82) is 0 Å². The molecule has 0 aliphatic heterocycles. The highest BCUT2D eigenvalue weighted by molar-refractivity contribution is 5.78. The summed E-state index contributed by atoms with van der Waals surface area (Å²) in [4.78, 5) is 13.2. The fourth-order valence-electron chi connectivity index (χ4n) is 2.45. The number of nitrogens with zero attached hydrogens (tertiary/aromatic N) is 6. The van der Waals surface area contributed by atoms with Crippen molar-refractivity contribution in [3.8, 4) is 17.4 Å². The zero-order valence-electron chi connectivity index (χ0n) is 12.7. The van der Waals surface area contributed by atoms with Crippen molar-refractivity contribution in [2.45, 2.75) is 6.54 Å². The molecule has 0 fully saturated rings. The Hall–Kier alpha value is -3.49. The Bertz CT molecular complexity index is 991. The van der Waals surface area contributed by atoms with Crippen molar-refractivity contribution in [1.82, 2.24) is 29.8 Å². The fraction of sp³-hybridized carbons (Fsp3) is 0.133. The maximum atomic E-state index is 5.82. The first kappa shape index (κ1) is 14.1. The largest absolute Gasteiger partial charge is 0.481 e. The Morgan fingerprint density at radius 2 is 2.12 bits per heavy atom. The molecule has 0 radical (unpaired) electrons. The van der Waals surface area contributed by atoms with Crippen LogP contribution in [0.2, 0.25) is 0 Å². The van der Waals surface area contributed by atoms with Crippen molar-refractivity contribution < 1.29 is 9.37 Å². The lowest BCUT2D eigenvalue weighted by Gasteiger charge is -2.07. The van der Waals surface area contributed by atoms with Gasteiger partial charge in [-0.3, -0.25) is 0 Å². The summed E-state index contributed by atoms with van der Waals surface area (Å²) in [5.74, 6) is 1.27. The summed E-state index contributed by atoms with van der Waals surface area (Å²) < 4.78 is 11.7. The van der Waals surface area contributed by atoms with E-state index in [1.165, 1.54) is 0 Å². The summed E-state index contributed by atoms with van der Waals surface area (Å²) in [5, 5.41) is 7.48. The fourth-order valence-corrected chi connectivity index (χ4v) is 2.45. The maximum absolute atomic E-state index is 5.82. The van der Waals surface area contributed by atoms with Gasteiger partial charge in [-0.2, -0.15) is 0 Å². The van der Waals surface area contributed by atoms with Crippen LogP contribution in [0.15, 0.2) is 41.3 Å². The van der Waals surface area contributed by atoms with E-state index in [9.17, 15) is 0 Å². The van der Waals surface area contributed by atoms with Gasteiger partial charge in [0.05, 0.1) is 13.7 Å². The van der Waals surface area contributed by atoms with Crippen LogP contribution >= 0.6 is 0 Å². The van der Waals surface area contributed by atoms with Crippen LogP contribution in [-0.2, 0) is 6.54 Å². The number of nitrogens with two attached hydrogens (primary N) is 1. The van der Waals surface area contributed by atoms with Gasteiger partial charge in [0, 0.05) is 18.5 Å². The van der Waals surface area contributed by atoms with Crippen LogP contribution in [0.5, 0.6) is 5.88 Å². The van der Waals surface area contributed by atoms with Crippen LogP contribution in [0.1, 0.15) is 5.56 Å². The number of rotatable bonds is 4. The van der Waals surface area contributed by atoms with Gasteiger partial charge in [-0.1, -0.05) is 6.07 Å². The number of aromatic nitrogens is 6. The molecule has 0 unspecified atom stereocenters. The highest BCUT2D eigenvalue weighted by Crippen LogP contribution is 2.26. The lowest BCUT2D eigenvalue weighted by molar-refractivity contribution is 0.310. The van der Waals surface area contributed by atoms with E-state index in [4.69, 9.17) is 15.1 Å². The molecule has 2 N–H and O–H groups in total. The number of hydrogen-bond acceptors (Lipinski definition) is 8. The first-order chi connectivity index (χ1) is 11.8. The predicted octanol–water partition coefficient (Wildman–Crippen LogP) is 1.52. The van der Waals surface area contributed by atoms with Crippen molar-refractivity contribution in [2.24, 2.45) is 0 Å². The SMILES string of the molecule is COc1ccc(Cn2c(-c3nonc3N)nc3cccnc32)cn1. The number of fused-ring (bicyclic) bond motifs is 1. The molecule has 0 aromatic carbocycles. The van der Waals surface area contributed by atoms with Gasteiger partial charge in [0.2, 0.25) is 5.88 Å². The molecular formula is C15H13N7O2. The molecule has 0 amide bonds. The van der Waals surface area contributed by atoms with Crippen LogP contribution in [-0.4, -0.2) is 36.9 Å². The zero-order valence-corrected chi connectivity index (χ0v) is 12.7. The summed E-state index contributed by atoms with van der Waals surface area (Å²) in [6.07, 6.45) is 3.45. The van der Waals surface area contributed by atoms with Crippen molar-refractivity contribution in [3.05, 3.63) is 42.2 Å². The van der Waals surface area contributed by atoms with E-state index in [0.717, 1.165) is 11.1 Å². The number of pyridine rings is 2. The molecule has 0 atom stereocenters. The molecule has 4 heterocycles. The first-order valence-corrected chi connectivity index (χ1v) is 7.15. The third-order valence-electron chi connectivity index (χ3n) is 3.58. The number of hydrogen-bond donors (Lipinski definition) is 1. The van der Waals surface area contributed by atoms with Gasteiger partial charge >= 0.3 is 0 Å². The number of anilines is 1. The second-order valence-corrected chi connectivity index (χ2v) is 5.07. The van der Waals surface area contributed by atoms with Crippen molar-refractivity contribution in [2.75, 3.05) is 12.8 Å². The van der Waals surface area contributed by atoms with E-state index in [-0.39, 0.29) is 5.82 Å². The summed E-state index contributed by atoms with van der Waals surface area (Å²) in [7, 11) is 1.58. The van der Waals surface area contributed by atoms with Crippen LogP contribution < -0.4 is 10.5 Å². The second kappa shape index (κ2) is 5.61. The number of nitrogen functional groups attached to an aromatic ring is 1. The molecule has 0 saturated carbocycles. The highest BCUT2D eigenvalue weighted by atomic mass is 16.6. The third-order valence-corrected chi connectivity index (χ3v) is 3.58. The van der Waals surface area contributed by atoms with E-state index < -0.39 is 0 Å². The minimum atomic E-state index is 0.180. The molecule has 4 aromatic heterocycles. The second-order valence-electron chi connectivity index (χ2n) is 5.07. The van der Waals surface area contributed by atoms with Gasteiger partial charge in [0.1, 0.15) is 5.52 Å². The van der Waals surface area contributed by atoms with Gasteiger partial charge in [-0.05, 0) is 28.0 Å².